The number of nitrogens with two attached hydrogens (primary N) is 1. The summed E-state index contributed by atoms with van der Waals surface area (Å²) in [5.41, 5.74) is 9.32. The monoisotopic (exact) mass is 418 g/mol. The first-order chi connectivity index (χ1) is 14.2. The van der Waals surface area contributed by atoms with Gasteiger partial charge in [-0.05, 0) is 42.7 Å². The topological polar surface area (TPSA) is 78.7 Å². The molecule has 2 amide bonds. The molecule has 6 nitrogen and oxygen atoms in total. The van der Waals surface area contributed by atoms with Crippen LogP contribution in [-0.2, 0) is 4.79 Å². The fraction of sp³-hybridized carbons (Fsp3) is 0.333. The van der Waals surface area contributed by atoms with E-state index in [1.807, 2.05) is 42.3 Å². The number of rotatable bonds is 2. The number of fused-ring (bicyclic) bond motifs is 5. The molecule has 9 heteroatoms. The summed E-state index contributed by atoms with van der Waals surface area (Å²) in [5, 5.41) is 2.14. The molecule has 0 saturated carbocycles. The quantitative estimate of drug-likeness (QED) is 0.785. The Morgan fingerprint density at radius 2 is 1.83 bits per heavy atom. The van der Waals surface area contributed by atoms with Gasteiger partial charge in [0.2, 0.25) is 5.91 Å². The highest BCUT2D eigenvalue weighted by Gasteiger charge is 2.42. The number of anilines is 3. The molecule has 1 fully saturated rings. The van der Waals surface area contributed by atoms with Crippen molar-refractivity contribution in [2.45, 2.75) is 31.1 Å². The molecule has 0 bridgehead atoms. The van der Waals surface area contributed by atoms with Crippen molar-refractivity contribution in [3.63, 3.8) is 0 Å². The predicted octanol–water partition coefficient (Wildman–Crippen LogP) is 3.26. The number of hydrogen-bond acceptors (Lipinski definition) is 4. The first-order valence-electron chi connectivity index (χ1n) is 9.57. The van der Waals surface area contributed by atoms with Crippen LogP contribution in [0.5, 0.6) is 0 Å². The van der Waals surface area contributed by atoms with Crippen molar-refractivity contribution in [3.05, 3.63) is 53.6 Å². The van der Waals surface area contributed by atoms with E-state index in [2.05, 4.69) is 10.2 Å². The highest BCUT2D eigenvalue weighted by atomic mass is 19.4. The zero-order valence-electron chi connectivity index (χ0n) is 16.2. The van der Waals surface area contributed by atoms with Gasteiger partial charge < -0.3 is 20.9 Å². The molecular weight excluding hydrogens is 397 g/mol. The first-order valence-corrected chi connectivity index (χ1v) is 9.57. The number of nitrogens with zero attached hydrogens (tertiary/aromatic N) is 2. The Morgan fingerprint density at radius 3 is 2.53 bits per heavy atom. The number of alkyl halides is 3. The number of benzene rings is 2. The van der Waals surface area contributed by atoms with E-state index in [-0.39, 0.29) is 6.04 Å². The van der Waals surface area contributed by atoms with E-state index in [0.29, 0.717) is 24.9 Å². The predicted molar refractivity (Wildman–Crippen MR) is 107 cm³/mol. The highest BCUT2D eigenvalue weighted by molar-refractivity contribution is 5.96. The third-order valence-electron chi connectivity index (χ3n) is 5.78. The van der Waals surface area contributed by atoms with Crippen molar-refractivity contribution in [1.82, 2.24) is 5.32 Å². The van der Waals surface area contributed by atoms with Crippen LogP contribution in [0.4, 0.5) is 30.2 Å². The Hall–Kier alpha value is -3.23. The lowest BCUT2D eigenvalue weighted by Gasteiger charge is -2.41. The van der Waals surface area contributed by atoms with Crippen molar-refractivity contribution in [2.75, 3.05) is 23.4 Å². The van der Waals surface area contributed by atoms with Crippen LogP contribution < -0.4 is 20.9 Å². The molecule has 0 spiro atoms. The normalized spacial score (nSPS) is 20.5. The minimum atomic E-state index is -4.91. The third-order valence-corrected chi connectivity index (χ3v) is 5.78. The minimum absolute atomic E-state index is 0.225. The van der Waals surface area contributed by atoms with E-state index in [4.69, 9.17) is 5.73 Å². The number of carbonyl (C=O) groups excluding carboxylic acids is 2. The van der Waals surface area contributed by atoms with Gasteiger partial charge in [0.25, 0.3) is 0 Å². The molecule has 2 aliphatic rings. The van der Waals surface area contributed by atoms with Crippen LogP contribution in [0.2, 0.25) is 0 Å². The Kier molecular flexibility index (Phi) is 4.83. The Morgan fingerprint density at radius 1 is 1.10 bits per heavy atom. The van der Waals surface area contributed by atoms with Gasteiger partial charge in [0.1, 0.15) is 0 Å². The van der Waals surface area contributed by atoms with Gasteiger partial charge in [-0.2, -0.15) is 13.2 Å². The molecule has 158 valence electrons. The molecule has 2 aliphatic heterocycles. The molecular formula is C21H21F3N4O2. The molecule has 4 rings (SSSR count). The largest absolute Gasteiger partial charge is 0.471 e. The first kappa shape index (κ1) is 20.1. The molecule has 2 unspecified atom stereocenters. The summed E-state index contributed by atoms with van der Waals surface area (Å²) in [6, 6.07) is 12.0. The van der Waals surface area contributed by atoms with Crippen LogP contribution in [-0.4, -0.2) is 37.6 Å². The van der Waals surface area contributed by atoms with E-state index in [9.17, 15) is 22.8 Å². The van der Waals surface area contributed by atoms with Gasteiger partial charge in [0.15, 0.2) is 0 Å². The van der Waals surface area contributed by atoms with Gasteiger partial charge in [0.05, 0.1) is 17.4 Å². The average Bonchev–Trinajstić information content (AvgIpc) is 2.81. The van der Waals surface area contributed by atoms with Gasteiger partial charge in [0, 0.05) is 30.9 Å². The van der Waals surface area contributed by atoms with E-state index in [0.717, 1.165) is 22.6 Å². The van der Waals surface area contributed by atoms with E-state index in [1.54, 1.807) is 12.1 Å². The lowest BCUT2D eigenvalue weighted by molar-refractivity contribution is -0.174. The summed E-state index contributed by atoms with van der Waals surface area (Å²) in [6.07, 6.45) is -4.19. The van der Waals surface area contributed by atoms with Gasteiger partial charge in [-0.25, -0.2) is 0 Å². The summed E-state index contributed by atoms with van der Waals surface area (Å²) in [4.78, 5) is 27.2. The second-order valence-corrected chi connectivity index (χ2v) is 7.59. The van der Waals surface area contributed by atoms with Crippen LogP contribution in [0.25, 0.3) is 0 Å². The molecule has 30 heavy (non-hydrogen) atoms. The molecule has 0 aliphatic carbocycles. The van der Waals surface area contributed by atoms with Gasteiger partial charge in [-0.1, -0.05) is 18.2 Å². The molecule has 2 atom stereocenters. The van der Waals surface area contributed by atoms with Crippen LogP contribution in [0, 0.1) is 0 Å². The number of nitrogens with one attached hydrogen (secondary N) is 1. The second kappa shape index (κ2) is 7.23. The van der Waals surface area contributed by atoms with Crippen LogP contribution in [0.3, 0.4) is 0 Å². The number of para-hydroxylation sites is 1. The van der Waals surface area contributed by atoms with E-state index < -0.39 is 24.0 Å². The van der Waals surface area contributed by atoms with E-state index in [1.165, 1.54) is 0 Å². The maximum Gasteiger partial charge on any atom is 0.471 e. The summed E-state index contributed by atoms with van der Waals surface area (Å²) >= 11 is 0. The Bertz CT molecular complexity index is 1010. The van der Waals surface area contributed by atoms with Crippen LogP contribution in [0.1, 0.15) is 34.8 Å². The Labute approximate surface area is 171 Å². The highest BCUT2D eigenvalue weighted by Crippen LogP contribution is 2.48. The molecule has 1 saturated heterocycles. The van der Waals surface area contributed by atoms with Gasteiger partial charge >= 0.3 is 12.1 Å². The molecule has 2 heterocycles. The number of carbonyl (C=O) groups is 2. The minimum Gasteiger partial charge on any atom is -0.366 e. The molecule has 0 radical (unpaired) electrons. The lowest BCUT2D eigenvalue weighted by atomic mass is 9.90. The van der Waals surface area contributed by atoms with Crippen molar-refractivity contribution in [1.29, 1.82) is 0 Å². The van der Waals surface area contributed by atoms with Crippen LogP contribution in [0.15, 0.2) is 42.5 Å². The van der Waals surface area contributed by atoms with Crippen LogP contribution >= 0.6 is 0 Å². The van der Waals surface area contributed by atoms with E-state index >= 15 is 0 Å². The van der Waals surface area contributed by atoms with Crippen molar-refractivity contribution in [2.24, 2.45) is 5.73 Å². The Balaban J connectivity index is 1.75. The second-order valence-electron chi connectivity index (χ2n) is 7.59. The van der Waals surface area contributed by atoms with Gasteiger partial charge in [-0.15, -0.1) is 0 Å². The SMILES string of the molecule is CN1c2ccccc2C2CC(NC(=O)C(F)(F)F)CCN2c2ccc(C(N)=O)cc21. The summed E-state index contributed by atoms with van der Waals surface area (Å²) in [6.45, 7) is 0.457. The zero-order valence-corrected chi connectivity index (χ0v) is 16.2. The standard InChI is InChI=1S/C21H21F3N4O2/c1-27-15-5-3-2-4-14(15)17-11-13(26-20(30)21(22,23)24)8-9-28(17)16-7-6-12(19(25)29)10-18(16)27/h2-7,10,13,17H,8-9,11H2,1H3,(H2,25,29)(H,26,30). The number of halogens is 3. The maximum absolute atomic E-state index is 12.7. The lowest BCUT2D eigenvalue weighted by Crippen LogP contribution is -2.49. The third kappa shape index (κ3) is 3.44. The zero-order chi connectivity index (χ0) is 21.6. The summed E-state index contributed by atoms with van der Waals surface area (Å²) in [7, 11) is 1.88. The van der Waals surface area contributed by atoms with Crippen molar-refractivity contribution in [3.8, 4) is 0 Å². The summed E-state index contributed by atoms with van der Waals surface area (Å²) < 4.78 is 38.2. The molecule has 3 N–H and O–H groups in total. The molecule has 0 aromatic heterocycles. The average molecular weight is 418 g/mol. The fourth-order valence-corrected chi connectivity index (χ4v) is 4.34. The maximum atomic E-state index is 12.7. The van der Waals surface area contributed by atoms with Crippen molar-refractivity contribution >= 4 is 28.9 Å². The number of hydrogen-bond donors (Lipinski definition) is 2. The molecule has 2 aromatic carbocycles. The number of primary amides is 1. The fourth-order valence-electron chi connectivity index (χ4n) is 4.34. The smallest absolute Gasteiger partial charge is 0.366 e. The van der Waals surface area contributed by atoms with Gasteiger partial charge in [-0.3, -0.25) is 9.59 Å². The molecule has 2 aromatic rings. The number of piperidine rings is 1. The number of amides is 2. The summed E-state index contributed by atoms with van der Waals surface area (Å²) in [5.74, 6) is -2.44. The van der Waals surface area contributed by atoms with Crippen molar-refractivity contribution < 1.29 is 22.8 Å².